The third-order valence-corrected chi connectivity index (χ3v) is 3.45. The van der Waals surface area contributed by atoms with E-state index in [9.17, 15) is 4.79 Å². The molecule has 0 aliphatic rings. The molecule has 0 unspecified atom stereocenters. The van der Waals surface area contributed by atoms with Gasteiger partial charge in [0.1, 0.15) is 11.4 Å². The van der Waals surface area contributed by atoms with E-state index in [-0.39, 0.29) is 5.56 Å². The molecule has 21 heavy (non-hydrogen) atoms. The van der Waals surface area contributed by atoms with Crippen molar-refractivity contribution in [2.75, 3.05) is 7.11 Å². The molecule has 0 aliphatic carbocycles. The molecule has 106 valence electrons. The van der Waals surface area contributed by atoms with Crippen LogP contribution in [0.3, 0.4) is 0 Å². The van der Waals surface area contributed by atoms with Gasteiger partial charge in [-0.2, -0.15) is 0 Å². The van der Waals surface area contributed by atoms with Crippen LogP contribution >= 0.6 is 11.6 Å². The molecule has 0 fully saturated rings. The zero-order chi connectivity index (χ0) is 14.8. The van der Waals surface area contributed by atoms with Gasteiger partial charge < -0.3 is 4.74 Å². The number of benzene rings is 2. The van der Waals surface area contributed by atoms with Crippen molar-refractivity contribution in [1.82, 2.24) is 9.78 Å². The first-order chi connectivity index (χ1) is 10.2. The summed E-state index contributed by atoms with van der Waals surface area (Å²) in [7, 11) is 1.60. The van der Waals surface area contributed by atoms with E-state index in [0.29, 0.717) is 10.8 Å². The van der Waals surface area contributed by atoms with Gasteiger partial charge in [0.2, 0.25) is 0 Å². The zero-order valence-electron chi connectivity index (χ0n) is 11.3. The fourth-order valence-corrected chi connectivity index (χ4v) is 2.35. The molecule has 4 nitrogen and oxygen atoms in total. The Labute approximate surface area is 126 Å². The van der Waals surface area contributed by atoms with Crippen molar-refractivity contribution in [1.29, 1.82) is 0 Å². The molecule has 0 saturated carbocycles. The number of methoxy groups -OCH3 is 1. The fourth-order valence-electron chi connectivity index (χ4n) is 2.23. The van der Waals surface area contributed by atoms with Gasteiger partial charge in [0, 0.05) is 16.7 Å². The summed E-state index contributed by atoms with van der Waals surface area (Å²) >= 11 is 5.91. The van der Waals surface area contributed by atoms with Crippen LogP contribution < -0.4 is 10.3 Å². The molecule has 0 amide bonds. The Morgan fingerprint density at radius 2 is 1.81 bits per heavy atom. The highest BCUT2D eigenvalue weighted by atomic mass is 35.5. The first-order valence-electron chi connectivity index (χ1n) is 6.40. The zero-order valence-corrected chi connectivity index (χ0v) is 12.1. The maximum Gasteiger partial charge on any atom is 0.265 e. The summed E-state index contributed by atoms with van der Waals surface area (Å²) in [5.74, 6) is 0.680. The molecule has 5 heteroatoms. The summed E-state index contributed by atoms with van der Waals surface area (Å²) < 4.78 is 7.07. The highest BCUT2D eigenvalue weighted by molar-refractivity contribution is 6.30. The molecule has 0 saturated heterocycles. The number of rotatable bonds is 3. The lowest BCUT2D eigenvalue weighted by Crippen LogP contribution is -2.05. The molecule has 1 N–H and O–H groups in total. The largest absolute Gasteiger partial charge is 0.494 e. The number of nitrogens with zero attached hydrogens (tertiary/aromatic N) is 1. The van der Waals surface area contributed by atoms with Gasteiger partial charge in [-0.15, -0.1) is 0 Å². The maximum atomic E-state index is 11.8. The Hall–Kier alpha value is -2.46. The number of para-hydroxylation sites is 2. The van der Waals surface area contributed by atoms with E-state index >= 15 is 0 Å². The molecule has 1 heterocycles. The van der Waals surface area contributed by atoms with Crippen LogP contribution in [0.5, 0.6) is 5.75 Å². The molecule has 0 bridgehead atoms. The topological polar surface area (TPSA) is 47.0 Å². The minimum Gasteiger partial charge on any atom is -0.494 e. The molecule has 1 aromatic heterocycles. The van der Waals surface area contributed by atoms with Crippen molar-refractivity contribution in [2.24, 2.45) is 0 Å². The number of nitrogens with one attached hydrogen (secondary N) is 1. The minimum absolute atomic E-state index is 0.175. The van der Waals surface area contributed by atoms with E-state index in [1.165, 1.54) is 0 Å². The quantitative estimate of drug-likeness (QED) is 0.805. The van der Waals surface area contributed by atoms with Gasteiger partial charge >= 0.3 is 0 Å². The van der Waals surface area contributed by atoms with Crippen molar-refractivity contribution >= 4 is 11.6 Å². The standard InChI is InChI=1S/C16H13ClN2O2/c1-21-15-5-3-2-4-13(15)19-14(10-16(20)18-19)11-6-8-12(17)9-7-11/h2-10H,1H3,(H,18,20). The second-order valence-corrected chi connectivity index (χ2v) is 4.96. The van der Waals surface area contributed by atoms with E-state index in [4.69, 9.17) is 16.3 Å². The molecule has 3 aromatic rings. The van der Waals surface area contributed by atoms with Gasteiger partial charge in [0.05, 0.1) is 12.8 Å². The van der Waals surface area contributed by atoms with Gasteiger partial charge in [0.15, 0.2) is 0 Å². The van der Waals surface area contributed by atoms with Crippen LogP contribution in [0.1, 0.15) is 0 Å². The van der Waals surface area contributed by atoms with Crippen LogP contribution in [0.15, 0.2) is 59.4 Å². The minimum atomic E-state index is -0.175. The van der Waals surface area contributed by atoms with Gasteiger partial charge in [-0.1, -0.05) is 35.9 Å². The SMILES string of the molecule is COc1ccccc1-n1[nH]c(=O)cc1-c1ccc(Cl)cc1. The number of aromatic nitrogens is 2. The molecule has 0 spiro atoms. The highest BCUT2D eigenvalue weighted by Crippen LogP contribution is 2.27. The van der Waals surface area contributed by atoms with Crippen molar-refractivity contribution in [2.45, 2.75) is 0 Å². The number of ether oxygens (including phenoxy) is 1. The Kier molecular flexibility index (Phi) is 3.54. The lowest BCUT2D eigenvalue weighted by Gasteiger charge is -2.12. The molecular weight excluding hydrogens is 288 g/mol. The summed E-state index contributed by atoms with van der Waals surface area (Å²) in [4.78, 5) is 11.8. The van der Waals surface area contributed by atoms with Crippen LogP contribution in [-0.2, 0) is 0 Å². The molecule has 2 aromatic carbocycles. The van der Waals surface area contributed by atoms with E-state index in [1.807, 2.05) is 36.4 Å². The van der Waals surface area contributed by atoms with Gasteiger partial charge in [-0.05, 0) is 24.3 Å². The Morgan fingerprint density at radius 1 is 1.10 bits per heavy atom. The number of halogens is 1. The normalized spacial score (nSPS) is 10.6. The van der Waals surface area contributed by atoms with Crippen LogP contribution in [0.2, 0.25) is 5.02 Å². The smallest absolute Gasteiger partial charge is 0.265 e. The predicted octanol–water partition coefficient (Wildman–Crippen LogP) is 3.49. The van der Waals surface area contributed by atoms with E-state index < -0.39 is 0 Å². The molecule has 0 aliphatic heterocycles. The van der Waals surface area contributed by atoms with Crippen molar-refractivity contribution in [3.05, 3.63) is 70.0 Å². The lowest BCUT2D eigenvalue weighted by atomic mass is 10.1. The Morgan fingerprint density at radius 3 is 2.52 bits per heavy atom. The van der Waals surface area contributed by atoms with Gasteiger partial charge in [0.25, 0.3) is 5.56 Å². The summed E-state index contributed by atoms with van der Waals surface area (Å²) in [6.45, 7) is 0. The van der Waals surface area contributed by atoms with Gasteiger partial charge in [-0.3, -0.25) is 9.89 Å². The first-order valence-corrected chi connectivity index (χ1v) is 6.78. The van der Waals surface area contributed by atoms with Gasteiger partial charge in [-0.25, -0.2) is 4.68 Å². The Bertz CT molecular complexity index is 819. The van der Waals surface area contributed by atoms with E-state index in [0.717, 1.165) is 16.9 Å². The summed E-state index contributed by atoms with van der Waals surface area (Å²) in [5.41, 5.74) is 2.24. The average molecular weight is 301 g/mol. The number of hydrogen-bond acceptors (Lipinski definition) is 2. The van der Waals surface area contributed by atoms with Crippen LogP contribution in [-0.4, -0.2) is 16.9 Å². The molecular formula is C16H13ClN2O2. The number of aromatic amines is 1. The number of hydrogen-bond donors (Lipinski definition) is 1. The second kappa shape index (κ2) is 5.50. The average Bonchev–Trinajstić information content (AvgIpc) is 2.89. The fraction of sp³-hybridized carbons (Fsp3) is 0.0625. The molecule has 0 atom stereocenters. The van der Waals surface area contributed by atoms with Crippen LogP contribution in [0, 0.1) is 0 Å². The highest BCUT2D eigenvalue weighted by Gasteiger charge is 2.12. The molecule has 3 rings (SSSR count). The predicted molar refractivity (Wildman–Crippen MR) is 83.4 cm³/mol. The molecule has 0 radical (unpaired) electrons. The summed E-state index contributed by atoms with van der Waals surface area (Å²) in [6, 6.07) is 16.4. The van der Waals surface area contributed by atoms with Crippen LogP contribution in [0.25, 0.3) is 16.9 Å². The maximum absolute atomic E-state index is 11.8. The lowest BCUT2D eigenvalue weighted by molar-refractivity contribution is 0.412. The Balaban J connectivity index is 2.20. The summed E-state index contributed by atoms with van der Waals surface area (Å²) in [6.07, 6.45) is 0. The van der Waals surface area contributed by atoms with Crippen molar-refractivity contribution < 1.29 is 4.74 Å². The van der Waals surface area contributed by atoms with E-state index in [2.05, 4.69) is 5.10 Å². The number of H-pyrrole nitrogens is 1. The summed E-state index contributed by atoms with van der Waals surface area (Å²) in [5, 5.41) is 3.45. The first kappa shape index (κ1) is 13.5. The second-order valence-electron chi connectivity index (χ2n) is 4.52. The third-order valence-electron chi connectivity index (χ3n) is 3.20. The van der Waals surface area contributed by atoms with Crippen molar-refractivity contribution in [3.63, 3.8) is 0 Å². The third kappa shape index (κ3) is 2.58. The van der Waals surface area contributed by atoms with Crippen molar-refractivity contribution in [3.8, 4) is 22.7 Å². The van der Waals surface area contributed by atoms with E-state index in [1.54, 1.807) is 30.0 Å². The van der Waals surface area contributed by atoms with Crippen LogP contribution in [0.4, 0.5) is 0 Å². The monoisotopic (exact) mass is 300 g/mol.